The summed E-state index contributed by atoms with van der Waals surface area (Å²) in [4.78, 5) is 20.7. The summed E-state index contributed by atoms with van der Waals surface area (Å²) >= 11 is 1.83. The molecule has 0 spiro atoms. The number of hydrogen-bond acceptors (Lipinski definition) is 7. The van der Waals surface area contributed by atoms with E-state index in [1.165, 1.54) is 6.33 Å². The van der Waals surface area contributed by atoms with E-state index >= 15 is 0 Å². The van der Waals surface area contributed by atoms with E-state index in [1.54, 1.807) is 7.11 Å². The molecule has 0 radical (unpaired) electrons. The smallest absolute Gasteiger partial charge is 0.315 e. The number of aromatic nitrogens is 3. The Kier molecular flexibility index (Phi) is 2.61. The van der Waals surface area contributed by atoms with Crippen molar-refractivity contribution >= 4 is 34.0 Å². The molecular weight excluding hydrogens is 292 g/mol. The first kappa shape index (κ1) is 12.5. The third-order valence-electron chi connectivity index (χ3n) is 3.67. The second-order valence-electron chi connectivity index (χ2n) is 4.80. The monoisotopic (exact) mass is 304 g/mol. The van der Waals surface area contributed by atoms with Gasteiger partial charge in [0.05, 0.1) is 12.5 Å². The van der Waals surface area contributed by atoms with Gasteiger partial charge in [0.2, 0.25) is 17.2 Å². The van der Waals surface area contributed by atoms with Gasteiger partial charge in [-0.25, -0.2) is 9.66 Å². The van der Waals surface area contributed by atoms with Crippen molar-refractivity contribution in [3.8, 4) is 5.88 Å². The summed E-state index contributed by atoms with van der Waals surface area (Å²) in [7, 11) is 1.58. The molecule has 0 aromatic carbocycles. The summed E-state index contributed by atoms with van der Waals surface area (Å²) in [5, 5.41) is 0.804. The second-order valence-corrected chi connectivity index (χ2v) is 5.90. The Labute approximate surface area is 123 Å². The quantitative estimate of drug-likeness (QED) is 0.671. The molecule has 2 N–H and O–H groups in total. The van der Waals surface area contributed by atoms with E-state index in [4.69, 9.17) is 15.0 Å². The molecule has 7 nitrogen and oxygen atoms in total. The van der Waals surface area contributed by atoms with Crippen LogP contribution in [0.5, 0.6) is 5.88 Å². The highest BCUT2D eigenvalue weighted by Crippen LogP contribution is 2.38. The van der Waals surface area contributed by atoms with Crippen molar-refractivity contribution in [2.75, 3.05) is 18.7 Å². The largest absolute Gasteiger partial charge is 0.481 e. The third kappa shape index (κ3) is 1.65. The van der Waals surface area contributed by atoms with E-state index < -0.39 is 5.56 Å². The highest BCUT2D eigenvalue weighted by atomic mass is 32.2. The van der Waals surface area contributed by atoms with Crippen LogP contribution in [0, 0.1) is 0 Å². The molecule has 0 atom stereocenters. The zero-order valence-electron chi connectivity index (χ0n) is 11.3. The normalized spacial score (nSPS) is 14.5. The van der Waals surface area contributed by atoms with Gasteiger partial charge in [-0.1, -0.05) is 0 Å². The predicted octanol–water partition coefficient (Wildman–Crippen LogP) is 1.05. The fraction of sp³-hybridized carbons (Fsp3) is 0.308. The van der Waals surface area contributed by atoms with E-state index in [2.05, 4.69) is 9.97 Å². The number of nitrogens with two attached hydrogens (primary N) is 1. The predicted molar refractivity (Wildman–Crippen MR) is 80.1 cm³/mol. The maximum Gasteiger partial charge on any atom is 0.315 e. The first-order valence-corrected chi connectivity index (χ1v) is 7.58. The summed E-state index contributed by atoms with van der Waals surface area (Å²) < 4.78 is 11.9. The van der Waals surface area contributed by atoms with Gasteiger partial charge in [-0.05, 0) is 17.7 Å². The van der Waals surface area contributed by atoms with Crippen LogP contribution >= 0.6 is 11.8 Å². The van der Waals surface area contributed by atoms with E-state index in [9.17, 15) is 4.79 Å². The molecule has 0 unspecified atom stereocenters. The summed E-state index contributed by atoms with van der Waals surface area (Å²) in [5.41, 5.74) is 2.78. The number of aryl methyl sites for hydroxylation is 1. The van der Waals surface area contributed by atoms with E-state index in [0.717, 1.165) is 39.1 Å². The number of furan rings is 1. The molecule has 1 aliphatic heterocycles. The van der Waals surface area contributed by atoms with Crippen molar-refractivity contribution in [1.82, 2.24) is 14.6 Å². The molecular formula is C13H12N4O3S. The molecule has 1 aliphatic rings. The maximum absolute atomic E-state index is 12.1. The average Bonchev–Trinajstić information content (AvgIpc) is 2.89. The number of nitrogens with zero attached hydrogens (tertiary/aromatic N) is 3. The molecule has 0 bridgehead atoms. The zero-order valence-corrected chi connectivity index (χ0v) is 12.1. The molecule has 3 aromatic heterocycles. The summed E-state index contributed by atoms with van der Waals surface area (Å²) in [6.45, 7) is 0. The van der Waals surface area contributed by atoms with Crippen LogP contribution in [0.15, 0.2) is 15.5 Å². The Morgan fingerprint density at radius 3 is 3.14 bits per heavy atom. The molecule has 108 valence electrons. The molecule has 0 saturated carbocycles. The number of methoxy groups -OCH3 is 1. The van der Waals surface area contributed by atoms with Gasteiger partial charge in [0, 0.05) is 11.3 Å². The number of nitrogen functional groups attached to an aromatic ring is 1. The van der Waals surface area contributed by atoms with Crippen LogP contribution in [0.25, 0.3) is 22.2 Å². The van der Waals surface area contributed by atoms with Crippen molar-refractivity contribution in [3.05, 3.63) is 27.8 Å². The first-order chi connectivity index (χ1) is 10.2. The van der Waals surface area contributed by atoms with Crippen molar-refractivity contribution in [2.45, 2.75) is 12.2 Å². The minimum atomic E-state index is -0.420. The molecule has 0 fully saturated rings. The lowest BCUT2D eigenvalue weighted by Gasteiger charge is -2.17. The van der Waals surface area contributed by atoms with Crippen molar-refractivity contribution in [2.24, 2.45) is 0 Å². The first-order valence-electron chi connectivity index (χ1n) is 6.43. The van der Waals surface area contributed by atoms with Crippen LogP contribution in [-0.4, -0.2) is 27.5 Å². The van der Waals surface area contributed by atoms with Crippen LogP contribution in [0.4, 0.5) is 0 Å². The number of rotatable bonds is 1. The standard InChI is InChI=1S/C13H12N4O3S/c1-19-11-7-4-21-3-2-6(7)8-9-10(20-12(8)16-11)13(18)17(14)5-15-9/h5H,2-4,14H2,1H3. The zero-order chi connectivity index (χ0) is 14.6. The second kappa shape index (κ2) is 4.39. The van der Waals surface area contributed by atoms with Crippen LogP contribution in [-0.2, 0) is 12.2 Å². The average molecular weight is 304 g/mol. The van der Waals surface area contributed by atoms with Gasteiger partial charge in [0.1, 0.15) is 11.8 Å². The minimum Gasteiger partial charge on any atom is -0.481 e. The molecule has 8 heteroatoms. The lowest BCUT2D eigenvalue weighted by molar-refractivity contribution is 0.393. The molecule has 0 amide bonds. The SMILES string of the molecule is COc1nc2oc3c(=O)n(N)cnc3c2c2c1CSCC2. The highest BCUT2D eigenvalue weighted by molar-refractivity contribution is 7.98. The Morgan fingerprint density at radius 1 is 1.48 bits per heavy atom. The molecule has 21 heavy (non-hydrogen) atoms. The van der Waals surface area contributed by atoms with E-state index in [0.29, 0.717) is 17.1 Å². The number of thioether (sulfide) groups is 1. The summed E-state index contributed by atoms with van der Waals surface area (Å²) in [6.07, 6.45) is 2.17. The van der Waals surface area contributed by atoms with E-state index in [-0.39, 0.29) is 5.58 Å². The van der Waals surface area contributed by atoms with Gasteiger partial charge in [-0.2, -0.15) is 16.7 Å². The lowest BCUT2D eigenvalue weighted by Crippen LogP contribution is -2.26. The Hall–Kier alpha value is -2.22. The fourth-order valence-corrected chi connectivity index (χ4v) is 3.70. The van der Waals surface area contributed by atoms with Gasteiger partial charge in [-0.3, -0.25) is 4.79 Å². The number of hydrogen-bond donors (Lipinski definition) is 1. The van der Waals surface area contributed by atoms with Gasteiger partial charge in [0.15, 0.2) is 0 Å². The Morgan fingerprint density at radius 2 is 2.33 bits per heavy atom. The van der Waals surface area contributed by atoms with Crippen LogP contribution < -0.4 is 16.1 Å². The number of fused-ring (bicyclic) bond motifs is 5. The van der Waals surface area contributed by atoms with Crippen molar-refractivity contribution < 1.29 is 9.15 Å². The maximum atomic E-state index is 12.1. The molecule has 3 aromatic rings. The Bertz CT molecular complexity index is 931. The minimum absolute atomic E-state index is 0.135. The van der Waals surface area contributed by atoms with Crippen molar-refractivity contribution in [3.63, 3.8) is 0 Å². The van der Waals surface area contributed by atoms with Gasteiger partial charge in [0.25, 0.3) is 0 Å². The van der Waals surface area contributed by atoms with E-state index in [1.807, 2.05) is 11.8 Å². The van der Waals surface area contributed by atoms with Crippen LogP contribution in [0.3, 0.4) is 0 Å². The molecule has 4 heterocycles. The van der Waals surface area contributed by atoms with Crippen LogP contribution in [0.1, 0.15) is 11.1 Å². The summed E-state index contributed by atoms with van der Waals surface area (Å²) in [5.74, 6) is 7.93. The van der Waals surface area contributed by atoms with Gasteiger partial charge in [-0.15, -0.1) is 0 Å². The number of pyridine rings is 1. The Balaban J connectivity index is 2.21. The number of ether oxygens (including phenoxy) is 1. The highest BCUT2D eigenvalue weighted by Gasteiger charge is 2.25. The van der Waals surface area contributed by atoms with Crippen LogP contribution in [0.2, 0.25) is 0 Å². The fourth-order valence-electron chi connectivity index (χ4n) is 2.70. The molecule has 4 rings (SSSR count). The summed E-state index contributed by atoms with van der Waals surface area (Å²) in [6, 6.07) is 0. The molecule has 0 saturated heterocycles. The molecule has 0 aliphatic carbocycles. The van der Waals surface area contributed by atoms with Crippen molar-refractivity contribution in [1.29, 1.82) is 0 Å². The lowest BCUT2D eigenvalue weighted by atomic mass is 10.0. The van der Waals surface area contributed by atoms with Gasteiger partial charge < -0.3 is 15.0 Å². The van der Waals surface area contributed by atoms with Gasteiger partial charge >= 0.3 is 5.56 Å². The third-order valence-corrected chi connectivity index (χ3v) is 4.65. The topological polar surface area (TPSA) is 96.2 Å².